The minimum absolute atomic E-state index is 0.138. The SMILES string of the molecule is CCC(=O)Nc1ccn([C@@H]2O[C@H](C)[C@@H](O)[C@@H]2O)c(=O)n1.CCC(=O)Nc1ccn([C@@H]2O[C@H](CC)[C@@H](O)[C@@H]2O)c(=O)n1.CC[C@H]1N[C@@H](c2c[nH]c3c(=O)[nH]cnc23)[C@H](O)[C@@H]1O.CC[C@H]1O[C@@H](n2cnc3c2NC(Cl)N=C3N)[C@@H](F)[C@@H]1O.C[C@H]1O[C@@H](n2cnc3c2NC(Cl)N=C3N)[C@@H](F)[C@@H]1O. The number of carbonyl (C=O) groups excluding carboxylic acids is 2. The number of carbonyl (C=O) groups is 2. The Morgan fingerprint density at radius 1 is 0.586 bits per heavy atom. The molecule has 13 heterocycles. The van der Waals surface area contributed by atoms with E-state index in [1.807, 2.05) is 20.8 Å². The van der Waals surface area contributed by atoms with Crippen molar-refractivity contribution in [1.82, 2.24) is 58.5 Å². The van der Waals surface area contributed by atoms with E-state index in [9.17, 15) is 73.6 Å². The van der Waals surface area contributed by atoms with E-state index in [0.29, 0.717) is 58.9 Å². The van der Waals surface area contributed by atoms with E-state index in [4.69, 9.17) is 53.6 Å². The van der Waals surface area contributed by atoms with Crippen LogP contribution in [0.1, 0.15) is 128 Å². The Morgan fingerprint density at radius 2 is 1.05 bits per heavy atom. The fourth-order valence-corrected chi connectivity index (χ4v) is 12.0. The van der Waals surface area contributed by atoms with Crippen molar-refractivity contribution in [3.8, 4) is 0 Å². The zero-order valence-corrected chi connectivity index (χ0v) is 55.7. The maximum absolute atomic E-state index is 14.2. The molecule has 0 spiro atoms. The molecule has 41 heteroatoms. The molecule has 19 N–H and O–H groups in total. The van der Waals surface area contributed by atoms with Crippen molar-refractivity contribution in [2.24, 2.45) is 21.5 Å². The number of alkyl halides is 4. The largest absolute Gasteiger partial charge is 0.389 e. The highest BCUT2D eigenvalue weighted by Gasteiger charge is 2.48. The fourth-order valence-electron chi connectivity index (χ4n) is 11.6. The minimum atomic E-state index is -1.55. The molecule has 0 aromatic carbocycles. The van der Waals surface area contributed by atoms with E-state index in [1.165, 1.54) is 52.6 Å². The zero-order chi connectivity index (χ0) is 72.2. The molecule has 7 aliphatic rings. The third kappa shape index (κ3) is 16.0. The number of nitrogens with two attached hydrogens (primary N) is 2. The highest BCUT2D eigenvalue weighted by Crippen LogP contribution is 2.39. The maximum Gasteiger partial charge on any atom is 0.351 e. The highest BCUT2D eigenvalue weighted by atomic mass is 35.5. The maximum atomic E-state index is 14.2. The summed E-state index contributed by atoms with van der Waals surface area (Å²) in [6, 6.07) is 2.28. The number of aliphatic hydroxyl groups is 8. The molecule has 7 aliphatic heterocycles. The number of aliphatic hydroxyl groups excluding tert-OH is 8. The van der Waals surface area contributed by atoms with Gasteiger partial charge in [-0.05, 0) is 45.2 Å². The van der Waals surface area contributed by atoms with Crippen LogP contribution in [0.2, 0.25) is 0 Å². The average Bonchev–Trinajstić information content (AvgIpc) is 1.65. The molecule has 0 bridgehead atoms. The number of H-pyrrole nitrogens is 2. The number of hydrogen-bond donors (Lipinski definition) is 17. The van der Waals surface area contributed by atoms with E-state index in [1.54, 1.807) is 33.9 Å². The molecule has 99 heavy (non-hydrogen) atoms. The third-order valence-corrected chi connectivity index (χ3v) is 17.6. The molecule has 0 radical (unpaired) electrons. The van der Waals surface area contributed by atoms with Gasteiger partial charge in [0.2, 0.25) is 11.8 Å². The third-order valence-electron chi connectivity index (χ3n) is 17.1. The van der Waals surface area contributed by atoms with Crippen molar-refractivity contribution in [3.63, 3.8) is 0 Å². The van der Waals surface area contributed by atoms with Gasteiger partial charge in [0.15, 0.2) is 60.2 Å². The monoisotopic (exact) mass is 1440 g/mol. The van der Waals surface area contributed by atoms with Crippen molar-refractivity contribution in [3.05, 3.63) is 98.0 Å². The first-order valence-electron chi connectivity index (χ1n) is 31.6. The summed E-state index contributed by atoms with van der Waals surface area (Å²) in [7, 11) is 0. The Morgan fingerprint density at radius 3 is 1.48 bits per heavy atom. The molecule has 22 atom stereocenters. The first-order chi connectivity index (χ1) is 47.0. The predicted octanol–water partition coefficient (Wildman–Crippen LogP) is -1.06. The van der Waals surface area contributed by atoms with Crippen LogP contribution in [0.5, 0.6) is 0 Å². The summed E-state index contributed by atoms with van der Waals surface area (Å²) < 4.78 is 55.0. The molecule has 6 aromatic rings. The van der Waals surface area contributed by atoms with Crippen molar-refractivity contribution < 1.29 is 78.2 Å². The number of amides is 2. The number of rotatable bonds is 12. The number of amidine groups is 2. The Balaban J connectivity index is 0.000000145. The molecular weight excluding hydrogens is 1360 g/mol. The van der Waals surface area contributed by atoms with Crippen LogP contribution in [-0.2, 0) is 28.5 Å². The minimum Gasteiger partial charge on any atom is -0.389 e. The van der Waals surface area contributed by atoms with E-state index in [-0.39, 0.29) is 59.6 Å². The summed E-state index contributed by atoms with van der Waals surface area (Å²) in [6.07, 6.45) is -7.06. The first kappa shape index (κ1) is 75.2. The number of aromatic amines is 2. The van der Waals surface area contributed by atoms with E-state index >= 15 is 0 Å². The van der Waals surface area contributed by atoms with Gasteiger partial charge in [0, 0.05) is 43.0 Å². The normalized spacial score (nSPS) is 32.6. The number of ether oxygens (including phenoxy) is 4. The van der Waals surface area contributed by atoms with Crippen LogP contribution in [0.25, 0.3) is 11.0 Å². The molecule has 0 aliphatic carbocycles. The van der Waals surface area contributed by atoms with Gasteiger partial charge in [0.25, 0.3) is 5.56 Å². The van der Waals surface area contributed by atoms with Crippen LogP contribution < -0.4 is 55.0 Å². The Bertz CT molecular complexity index is 4050. The van der Waals surface area contributed by atoms with Crippen molar-refractivity contribution in [1.29, 1.82) is 0 Å². The summed E-state index contributed by atoms with van der Waals surface area (Å²) in [6.45, 7) is 12.1. The predicted molar refractivity (Wildman–Crippen MR) is 349 cm³/mol. The van der Waals surface area contributed by atoms with Crippen molar-refractivity contribution in [2.75, 3.05) is 21.3 Å². The molecular formula is C58H80Cl2F2N20O17. The number of fused-ring (bicyclic) bond motifs is 3. The van der Waals surface area contributed by atoms with Crippen molar-refractivity contribution in [2.45, 2.75) is 214 Å². The summed E-state index contributed by atoms with van der Waals surface area (Å²) >= 11 is 11.8. The number of hydrogen-bond acceptors (Lipinski definition) is 29. The number of anilines is 4. The second kappa shape index (κ2) is 32.1. The van der Waals surface area contributed by atoms with Crippen LogP contribution in [0, 0.1) is 0 Å². The Labute approximate surface area is 570 Å². The fraction of sp³-hybridized carbons (Fsp3) is 0.586. The Hall–Kier alpha value is -8.00. The van der Waals surface area contributed by atoms with Crippen LogP contribution in [0.3, 0.4) is 0 Å². The standard InChI is InChI=1S/C13H19N3O5.C12H16N4O3.C12H17N3O5.C11H15ClFN5O2.C10H13ClFN5O2/c1-3-7-10(18)11(19)12(21-7)16-6-5-8(15-13(16)20)14-9(17)4-2;1-2-6-10(17)11(18)8(16-6)5-3-13-9-7(5)14-4-15-12(9)19;1-3-8(16)13-7-4-5-15(12(19)14-7)11-10(18)9(17)6(2)20-11;1-2-4-7(19)5(13)10(20-4)18-3-15-6-8(14)16-11(12)17-9(6)18;1-3-6(18)4(12)9(19-3)17-2-14-5-7(13)15-10(11)16-8(5)17/h5-7,10-12,18-19H,3-4H2,1-2H3,(H,14,15,17,20);3-4,6,8,10-11,13,16-18H,2H2,1H3,(H,14,15,19);4-6,9-11,17-18H,3H2,1-2H3,(H,13,14,16,19);3-5,7,10-11,17,19H,2H2,1H3,(H2,14,16);2-4,6,9-10,16,18H,1H3,(H2,13,15)/t7-,10-,11+,12-;6-,8+,10-,11+;6-,9-,10+,11-;4-,5+,7-,10-,11?;3-,4+,6-,9-,10?/m11111/s1. The molecule has 6 aromatic heterocycles. The Kier molecular flexibility index (Phi) is 24.4. The molecule has 5 saturated heterocycles. The summed E-state index contributed by atoms with van der Waals surface area (Å²) in [5.41, 5.74) is 10.7. The van der Waals surface area contributed by atoms with Crippen LogP contribution >= 0.6 is 23.2 Å². The van der Waals surface area contributed by atoms with Gasteiger partial charge in [-0.15, -0.1) is 0 Å². The molecule has 37 nitrogen and oxygen atoms in total. The van der Waals surface area contributed by atoms with E-state index in [2.05, 4.69) is 71.5 Å². The number of aliphatic imine (C=N–C) groups is 2. The first-order valence-corrected chi connectivity index (χ1v) is 32.5. The number of nitrogens with zero attached hydrogens (tertiary/aromatic N) is 11. The second-order valence-corrected chi connectivity index (χ2v) is 24.4. The lowest BCUT2D eigenvalue weighted by Gasteiger charge is -2.22. The lowest BCUT2D eigenvalue weighted by Crippen LogP contribution is -2.35. The van der Waals surface area contributed by atoms with Gasteiger partial charge in [-0.3, -0.25) is 32.7 Å². The van der Waals surface area contributed by atoms with E-state index in [0.717, 1.165) is 9.13 Å². The van der Waals surface area contributed by atoms with Gasteiger partial charge in [0.1, 0.15) is 88.4 Å². The quantitative estimate of drug-likeness (QED) is 0.0513. The number of imidazole rings is 2. The van der Waals surface area contributed by atoms with E-state index < -0.39 is 139 Å². The van der Waals surface area contributed by atoms with Crippen molar-refractivity contribution >= 4 is 81.0 Å². The smallest absolute Gasteiger partial charge is 0.351 e. The van der Waals surface area contributed by atoms with Gasteiger partial charge in [-0.2, -0.15) is 9.97 Å². The summed E-state index contributed by atoms with van der Waals surface area (Å²) in [5.74, 6) is 1.00. The summed E-state index contributed by atoms with van der Waals surface area (Å²) in [5, 5.41) is 92.5. The van der Waals surface area contributed by atoms with Gasteiger partial charge in [0.05, 0.1) is 55.5 Å². The molecule has 0 saturated carbocycles. The molecule has 542 valence electrons. The summed E-state index contributed by atoms with van der Waals surface area (Å²) in [4.78, 5) is 90.8. The van der Waals surface area contributed by atoms with Gasteiger partial charge in [-0.25, -0.2) is 43.3 Å². The lowest BCUT2D eigenvalue weighted by atomic mass is 10.0. The lowest BCUT2D eigenvalue weighted by molar-refractivity contribution is -0.116. The van der Waals surface area contributed by atoms with Crippen LogP contribution in [0.15, 0.2) is 74.1 Å². The number of aromatic nitrogens is 11. The topological polar surface area (TPSA) is 537 Å². The second-order valence-electron chi connectivity index (χ2n) is 23.6. The van der Waals surface area contributed by atoms with Crippen LogP contribution in [0.4, 0.5) is 32.1 Å². The van der Waals surface area contributed by atoms with Gasteiger partial charge >= 0.3 is 11.4 Å². The molecule has 2 unspecified atom stereocenters. The number of halogens is 4. The molecule has 2 amide bonds. The highest BCUT2D eigenvalue weighted by molar-refractivity contribution is 6.24. The van der Waals surface area contributed by atoms with Gasteiger partial charge < -0.3 is 108 Å². The molecule has 13 rings (SSSR count). The number of nitrogens with one attached hydrogen (secondary N) is 7. The van der Waals surface area contributed by atoms with Crippen LogP contribution in [-0.4, -0.2) is 220 Å². The van der Waals surface area contributed by atoms with Gasteiger partial charge in [-0.1, -0.05) is 57.8 Å². The zero-order valence-electron chi connectivity index (χ0n) is 54.2. The average molecular weight is 1440 g/mol. The molecule has 5 fully saturated rings.